The van der Waals surface area contributed by atoms with Crippen LogP contribution in [0, 0.1) is 0 Å². The highest BCUT2D eigenvalue weighted by molar-refractivity contribution is 6.35. The summed E-state index contributed by atoms with van der Waals surface area (Å²) in [6.07, 6.45) is -0.0494. The standard InChI is InChI=1S/C11H13NO5/c1-16-8-3-4-10(17-2)7(5-8)6-9(12-15)11(13)14/h3-5,15H,6H2,1-2H3,(H,13,14)/b12-9-. The van der Waals surface area contributed by atoms with E-state index in [0.29, 0.717) is 17.1 Å². The molecule has 1 rings (SSSR count). The van der Waals surface area contributed by atoms with Gasteiger partial charge >= 0.3 is 5.97 Å². The zero-order valence-electron chi connectivity index (χ0n) is 9.51. The summed E-state index contributed by atoms with van der Waals surface area (Å²) in [5, 5.41) is 20.1. The normalized spacial score (nSPS) is 11.1. The first kappa shape index (κ1) is 12.8. The highest BCUT2D eigenvalue weighted by Gasteiger charge is 2.14. The fraction of sp³-hybridized carbons (Fsp3) is 0.273. The molecule has 1 aromatic rings. The SMILES string of the molecule is COc1ccc(OC)c(C/C(=N/O)C(=O)O)c1. The van der Waals surface area contributed by atoms with E-state index in [0.717, 1.165) is 0 Å². The van der Waals surface area contributed by atoms with Crippen LogP contribution in [0.1, 0.15) is 5.56 Å². The summed E-state index contributed by atoms with van der Waals surface area (Å²) in [5.41, 5.74) is 0.207. The van der Waals surface area contributed by atoms with Crippen LogP contribution < -0.4 is 9.47 Å². The molecular formula is C11H13NO5. The van der Waals surface area contributed by atoms with E-state index in [1.807, 2.05) is 0 Å². The Morgan fingerprint density at radius 2 is 2.06 bits per heavy atom. The van der Waals surface area contributed by atoms with Gasteiger partial charge in [0.2, 0.25) is 0 Å². The molecule has 0 amide bonds. The predicted molar refractivity (Wildman–Crippen MR) is 60.1 cm³/mol. The maximum Gasteiger partial charge on any atom is 0.354 e. The fourth-order valence-electron chi connectivity index (χ4n) is 1.35. The largest absolute Gasteiger partial charge is 0.497 e. The highest BCUT2D eigenvalue weighted by atomic mass is 16.5. The zero-order valence-corrected chi connectivity index (χ0v) is 9.51. The lowest BCUT2D eigenvalue weighted by Crippen LogP contribution is -2.16. The van der Waals surface area contributed by atoms with Crippen LogP contribution in [-0.2, 0) is 11.2 Å². The molecular weight excluding hydrogens is 226 g/mol. The monoisotopic (exact) mass is 239 g/mol. The van der Waals surface area contributed by atoms with Crippen molar-refractivity contribution >= 4 is 11.7 Å². The summed E-state index contributed by atoms with van der Waals surface area (Å²) in [4.78, 5) is 10.7. The van der Waals surface area contributed by atoms with Crippen molar-refractivity contribution in [2.45, 2.75) is 6.42 Å². The van der Waals surface area contributed by atoms with Crippen LogP contribution in [0.4, 0.5) is 0 Å². The maximum atomic E-state index is 10.7. The van der Waals surface area contributed by atoms with E-state index in [1.54, 1.807) is 18.2 Å². The number of aliphatic carboxylic acids is 1. The molecule has 0 bridgehead atoms. The van der Waals surface area contributed by atoms with E-state index in [9.17, 15) is 4.79 Å². The number of hydrogen-bond acceptors (Lipinski definition) is 5. The minimum absolute atomic E-state index is 0.0494. The van der Waals surface area contributed by atoms with Crippen LogP contribution >= 0.6 is 0 Å². The summed E-state index contributed by atoms with van der Waals surface area (Å²) in [6.45, 7) is 0. The number of ether oxygens (including phenoxy) is 2. The van der Waals surface area contributed by atoms with E-state index < -0.39 is 5.97 Å². The van der Waals surface area contributed by atoms with Gasteiger partial charge in [0.1, 0.15) is 11.5 Å². The molecule has 1 aromatic carbocycles. The van der Waals surface area contributed by atoms with Crippen molar-refractivity contribution in [3.8, 4) is 11.5 Å². The smallest absolute Gasteiger partial charge is 0.354 e. The molecule has 6 nitrogen and oxygen atoms in total. The molecule has 0 heterocycles. The average molecular weight is 239 g/mol. The van der Waals surface area contributed by atoms with E-state index in [1.165, 1.54) is 14.2 Å². The molecule has 0 saturated carbocycles. The molecule has 0 aliphatic heterocycles. The third kappa shape index (κ3) is 3.10. The second-order valence-electron chi connectivity index (χ2n) is 3.21. The van der Waals surface area contributed by atoms with E-state index in [-0.39, 0.29) is 12.1 Å². The van der Waals surface area contributed by atoms with Gasteiger partial charge in [-0.1, -0.05) is 5.16 Å². The summed E-state index contributed by atoms with van der Waals surface area (Å²) in [5.74, 6) is -0.200. The second kappa shape index (κ2) is 5.74. The van der Waals surface area contributed by atoms with Gasteiger partial charge in [0, 0.05) is 12.0 Å². The third-order valence-electron chi connectivity index (χ3n) is 2.21. The Hall–Kier alpha value is -2.24. The summed E-state index contributed by atoms with van der Waals surface area (Å²) in [6, 6.07) is 4.98. The number of carboxylic acids is 1. The number of methoxy groups -OCH3 is 2. The molecule has 0 aliphatic rings. The average Bonchev–Trinajstić information content (AvgIpc) is 2.35. The van der Waals surface area contributed by atoms with Gasteiger partial charge in [-0.2, -0.15) is 0 Å². The van der Waals surface area contributed by atoms with Crippen molar-refractivity contribution in [1.29, 1.82) is 0 Å². The summed E-state index contributed by atoms with van der Waals surface area (Å²) < 4.78 is 10.1. The number of oxime groups is 1. The first-order valence-electron chi connectivity index (χ1n) is 4.77. The molecule has 0 saturated heterocycles. The van der Waals surface area contributed by atoms with Gasteiger partial charge in [-0.15, -0.1) is 0 Å². The molecule has 0 aromatic heterocycles. The number of benzene rings is 1. The Labute approximate surface area is 98.1 Å². The summed E-state index contributed by atoms with van der Waals surface area (Å²) >= 11 is 0. The Bertz CT molecular complexity index is 441. The van der Waals surface area contributed by atoms with Gasteiger partial charge in [0.25, 0.3) is 0 Å². The van der Waals surface area contributed by atoms with Crippen molar-refractivity contribution in [3.05, 3.63) is 23.8 Å². The topological polar surface area (TPSA) is 88.4 Å². The Morgan fingerprint density at radius 1 is 1.35 bits per heavy atom. The fourth-order valence-corrected chi connectivity index (χ4v) is 1.35. The van der Waals surface area contributed by atoms with Gasteiger partial charge in [0.05, 0.1) is 14.2 Å². The lowest BCUT2D eigenvalue weighted by molar-refractivity contribution is -0.129. The number of nitrogens with zero attached hydrogens (tertiary/aromatic N) is 1. The molecule has 2 N–H and O–H groups in total. The van der Waals surface area contributed by atoms with Crippen molar-refractivity contribution in [2.24, 2.45) is 5.16 Å². The molecule has 0 aliphatic carbocycles. The quantitative estimate of drug-likeness (QED) is 0.457. The Kier molecular flexibility index (Phi) is 4.33. The van der Waals surface area contributed by atoms with Crippen LogP contribution in [0.25, 0.3) is 0 Å². The van der Waals surface area contributed by atoms with Crippen LogP contribution in [0.5, 0.6) is 11.5 Å². The van der Waals surface area contributed by atoms with Gasteiger partial charge in [-0.25, -0.2) is 4.79 Å². The highest BCUT2D eigenvalue weighted by Crippen LogP contribution is 2.24. The van der Waals surface area contributed by atoms with Crippen LogP contribution in [0.2, 0.25) is 0 Å². The van der Waals surface area contributed by atoms with Gasteiger partial charge < -0.3 is 19.8 Å². The Morgan fingerprint density at radius 3 is 2.53 bits per heavy atom. The summed E-state index contributed by atoms with van der Waals surface area (Å²) in [7, 11) is 2.98. The predicted octanol–water partition coefficient (Wildman–Crippen LogP) is 1.16. The van der Waals surface area contributed by atoms with Crippen molar-refractivity contribution in [1.82, 2.24) is 0 Å². The molecule has 0 spiro atoms. The molecule has 6 heteroatoms. The number of carbonyl (C=O) groups is 1. The lowest BCUT2D eigenvalue weighted by atomic mass is 10.1. The molecule has 0 radical (unpaired) electrons. The molecule has 92 valence electrons. The van der Waals surface area contributed by atoms with Gasteiger partial charge in [0.15, 0.2) is 5.71 Å². The number of hydrogen-bond donors (Lipinski definition) is 2. The van der Waals surface area contributed by atoms with Crippen LogP contribution in [-0.4, -0.2) is 36.2 Å². The second-order valence-corrected chi connectivity index (χ2v) is 3.21. The van der Waals surface area contributed by atoms with Crippen LogP contribution in [0.3, 0.4) is 0 Å². The third-order valence-corrected chi connectivity index (χ3v) is 2.21. The first-order valence-corrected chi connectivity index (χ1v) is 4.77. The minimum atomic E-state index is -1.28. The molecule has 17 heavy (non-hydrogen) atoms. The van der Waals surface area contributed by atoms with Crippen molar-refractivity contribution < 1.29 is 24.6 Å². The molecule has 0 fully saturated rings. The van der Waals surface area contributed by atoms with Gasteiger partial charge in [-0.05, 0) is 18.2 Å². The minimum Gasteiger partial charge on any atom is -0.497 e. The van der Waals surface area contributed by atoms with E-state index in [4.69, 9.17) is 19.8 Å². The number of carboxylic acid groups (broad SMARTS) is 1. The van der Waals surface area contributed by atoms with Gasteiger partial charge in [-0.3, -0.25) is 0 Å². The zero-order chi connectivity index (χ0) is 12.8. The number of rotatable bonds is 5. The van der Waals surface area contributed by atoms with Crippen molar-refractivity contribution in [2.75, 3.05) is 14.2 Å². The van der Waals surface area contributed by atoms with Crippen LogP contribution in [0.15, 0.2) is 23.4 Å². The van der Waals surface area contributed by atoms with Crippen molar-refractivity contribution in [3.63, 3.8) is 0 Å². The maximum absolute atomic E-state index is 10.7. The van der Waals surface area contributed by atoms with E-state index in [2.05, 4.69) is 5.16 Å². The molecule has 0 unspecified atom stereocenters. The lowest BCUT2D eigenvalue weighted by Gasteiger charge is -2.09. The first-order chi connectivity index (χ1) is 8.12. The molecule has 0 atom stereocenters. The van der Waals surface area contributed by atoms with E-state index >= 15 is 0 Å². The Balaban J connectivity index is 3.06.